The van der Waals surface area contributed by atoms with Crippen molar-refractivity contribution >= 4 is 5.91 Å². The predicted molar refractivity (Wildman–Crippen MR) is 90.2 cm³/mol. The summed E-state index contributed by atoms with van der Waals surface area (Å²) >= 11 is 0. The van der Waals surface area contributed by atoms with E-state index in [4.69, 9.17) is 10.5 Å². The Kier molecular flexibility index (Phi) is 4.93. The summed E-state index contributed by atoms with van der Waals surface area (Å²) in [5.74, 6) is -2.50. The molecule has 1 amide bonds. The average Bonchev–Trinajstić information content (AvgIpc) is 2.62. The predicted octanol–water partition coefficient (Wildman–Crippen LogP) is 4.37. The highest BCUT2D eigenvalue weighted by Crippen LogP contribution is 2.30. The third-order valence-corrected chi connectivity index (χ3v) is 3.81. The van der Waals surface area contributed by atoms with Gasteiger partial charge in [0.2, 0.25) is 5.91 Å². The van der Waals surface area contributed by atoms with Crippen LogP contribution in [0.1, 0.15) is 27.6 Å². The molecule has 0 fully saturated rings. The number of halogens is 3. The summed E-state index contributed by atoms with van der Waals surface area (Å²) in [4.78, 5) is 11.1. The molecule has 2 N–H and O–H groups in total. The van der Waals surface area contributed by atoms with Gasteiger partial charge >= 0.3 is 0 Å². The first-order chi connectivity index (χ1) is 12.4. The Labute approximate surface area is 147 Å². The van der Waals surface area contributed by atoms with E-state index in [2.05, 4.69) is 0 Å². The van der Waals surface area contributed by atoms with Crippen molar-refractivity contribution in [1.29, 1.82) is 0 Å². The fourth-order valence-corrected chi connectivity index (χ4v) is 2.48. The molecule has 0 aliphatic carbocycles. The number of benzene rings is 3. The number of ether oxygens (including phenoxy) is 1. The number of hydrogen-bond acceptors (Lipinski definition) is 2. The normalized spacial score (nSPS) is 10.8. The molecule has 3 aromatic carbocycles. The van der Waals surface area contributed by atoms with Crippen molar-refractivity contribution in [2.75, 3.05) is 0 Å². The second kappa shape index (κ2) is 7.31. The van der Waals surface area contributed by atoms with Crippen LogP contribution in [0.2, 0.25) is 0 Å². The van der Waals surface area contributed by atoms with Gasteiger partial charge in [0.1, 0.15) is 17.7 Å². The Balaban J connectivity index is 1.99. The number of primary amides is 1. The molecule has 0 heterocycles. The maximum Gasteiger partial charge on any atom is 0.248 e. The van der Waals surface area contributed by atoms with Crippen LogP contribution in [-0.2, 0) is 0 Å². The molecule has 3 aromatic rings. The molecule has 0 radical (unpaired) electrons. The Bertz CT molecular complexity index is 879. The van der Waals surface area contributed by atoms with Gasteiger partial charge in [0.05, 0.1) is 0 Å². The summed E-state index contributed by atoms with van der Waals surface area (Å²) < 4.78 is 46.5. The molecule has 0 unspecified atom stereocenters. The van der Waals surface area contributed by atoms with E-state index in [0.29, 0.717) is 11.1 Å². The minimum absolute atomic E-state index is 0.00923. The second-order valence-corrected chi connectivity index (χ2v) is 5.61. The molecule has 0 bridgehead atoms. The number of carbonyl (C=O) groups is 1. The van der Waals surface area contributed by atoms with E-state index in [9.17, 15) is 18.0 Å². The molecule has 6 heteroatoms. The van der Waals surface area contributed by atoms with E-state index in [1.165, 1.54) is 60.7 Å². The van der Waals surface area contributed by atoms with Gasteiger partial charge in [-0.05, 0) is 53.6 Å². The highest BCUT2D eigenvalue weighted by Gasteiger charge is 2.19. The maximum absolute atomic E-state index is 14.3. The third-order valence-electron chi connectivity index (χ3n) is 3.81. The quantitative estimate of drug-likeness (QED) is 0.737. The lowest BCUT2D eigenvalue weighted by Gasteiger charge is -2.21. The lowest BCUT2D eigenvalue weighted by molar-refractivity contribution is 0.0999. The van der Waals surface area contributed by atoms with E-state index < -0.39 is 29.5 Å². The van der Waals surface area contributed by atoms with Gasteiger partial charge in [0, 0.05) is 5.56 Å². The van der Waals surface area contributed by atoms with Crippen molar-refractivity contribution in [2.45, 2.75) is 6.10 Å². The molecule has 0 aliphatic heterocycles. The Morgan fingerprint density at radius 2 is 1.31 bits per heavy atom. The monoisotopic (exact) mass is 357 g/mol. The Morgan fingerprint density at radius 3 is 1.73 bits per heavy atom. The van der Waals surface area contributed by atoms with Gasteiger partial charge < -0.3 is 10.5 Å². The molecular weight excluding hydrogens is 343 g/mol. The van der Waals surface area contributed by atoms with E-state index in [1.54, 1.807) is 0 Å². The molecule has 0 aliphatic rings. The van der Waals surface area contributed by atoms with Gasteiger partial charge in [-0.15, -0.1) is 0 Å². The lowest BCUT2D eigenvalue weighted by atomic mass is 10.0. The zero-order valence-electron chi connectivity index (χ0n) is 13.5. The molecule has 26 heavy (non-hydrogen) atoms. The molecule has 0 saturated carbocycles. The van der Waals surface area contributed by atoms with Crippen molar-refractivity contribution in [3.05, 3.63) is 101 Å². The largest absolute Gasteiger partial charge is 0.478 e. The van der Waals surface area contributed by atoms with Crippen LogP contribution in [0.15, 0.2) is 66.7 Å². The van der Waals surface area contributed by atoms with Gasteiger partial charge in [0.15, 0.2) is 11.6 Å². The topological polar surface area (TPSA) is 52.3 Å². The van der Waals surface area contributed by atoms with Crippen molar-refractivity contribution in [2.24, 2.45) is 5.73 Å². The van der Waals surface area contributed by atoms with Crippen LogP contribution in [0.25, 0.3) is 0 Å². The van der Waals surface area contributed by atoms with Crippen LogP contribution in [0.3, 0.4) is 0 Å². The summed E-state index contributed by atoms with van der Waals surface area (Å²) in [5, 5.41) is 0. The standard InChI is InChI=1S/C20H14F3NO2/c21-15-6-1-12(2-7-15)19(13-3-8-16(22)9-4-13)26-18-10-5-14(20(24)25)11-17(18)23/h1-11,19H,(H2,24,25). The Hall–Kier alpha value is -3.28. The van der Waals surface area contributed by atoms with Crippen LogP contribution in [0, 0.1) is 17.5 Å². The summed E-state index contributed by atoms with van der Waals surface area (Å²) in [6.45, 7) is 0. The molecule has 3 nitrogen and oxygen atoms in total. The summed E-state index contributed by atoms with van der Waals surface area (Å²) in [6, 6.07) is 14.6. The smallest absolute Gasteiger partial charge is 0.248 e. The van der Waals surface area contributed by atoms with E-state index >= 15 is 0 Å². The second-order valence-electron chi connectivity index (χ2n) is 5.61. The van der Waals surface area contributed by atoms with Crippen LogP contribution in [0.4, 0.5) is 13.2 Å². The molecule has 0 spiro atoms. The highest BCUT2D eigenvalue weighted by molar-refractivity contribution is 5.92. The number of hydrogen-bond donors (Lipinski definition) is 1. The molecular formula is C20H14F3NO2. The van der Waals surface area contributed by atoms with Gasteiger partial charge in [-0.2, -0.15) is 0 Å². The number of nitrogens with two attached hydrogens (primary N) is 1. The SMILES string of the molecule is NC(=O)c1ccc(OC(c2ccc(F)cc2)c2ccc(F)cc2)c(F)c1. The van der Waals surface area contributed by atoms with E-state index in [1.807, 2.05) is 0 Å². The molecule has 0 aromatic heterocycles. The average molecular weight is 357 g/mol. The zero-order chi connectivity index (χ0) is 18.7. The van der Waals surface area contributed by atoms with Crippen molar-refractivity contribution in [3.63, 3.8) is 0 Å². The first-order valence-electron chi connectivity index (χ1n) is 7.71. The number of amides is 1. The maximum atomic E-state index is 14.3. The van der Waals surface area contributed by atoms with Crippen LogP contribution >= 0.6 is 0 Å². The summed E-state index contributed by atoms with van der Waals surface area (Å²) in [5.41, 5.74) is 6.24. The fraction of sp³-hybridized carbons (Fsp3) is 0.0500. The summed E-state index contributed by atoms with van der Waals surface area (Å²) in [7, 11) is 0. The van der Waals surface area contributed by atoms with E-state index in [-0.39, 0.29) is 11.3 Å². The minimum atomic E-state index is -0.801. The third kappa shape index (κ3) is 3.85. The fourth-order valence-electron chi connectivity index (χ4n) is 2.48. The number of carbonyl (C=O) groups excluding carboxylic acids is 1. The van der Waals surface area contributed by atoms with Gasteiger partial charge in [-0.25, -0.2) is 13.2 Å². The van der Waals surface area contributed by atoms with Crippen LogP contribution < -0.4 is 10.5 Å². The molecule has 0 atom stereocenters. The van der Waals surface area contributed by atoms with Crippen molar-refractivity contribution in [3.8, 4) is 5.75 Å². The first-order valence-corrected chi connectivity index (χ1v) is 7.71. The summed E-state index contributed by atoms with van der Waals surface area (Å²) in [6.07, 6.45) is -0.801. The van der Waals surface area contributed by atoms with Crippen LogP contribution in [-0.4, -0.2) is 5.91 Å². The van der Waals surface area contributed by atoms with Crippen LogP contribution in [0.5, 0.6) is 5.75 Å². The van der Waals surface area contributed by atoms with E-state index in [0.717, 1.165) is 6.07 Å². The lowest BCUT2D eigenvalue weighted by Crippen LogP contribution is -2.13. The molecule has 132 valence electrons. The van der Waals surface area contributed by atoms with Gasteiger partial charge in [-0.3, -0.25) is 4.79 Å². The van der Waals surface area contributed by atoms with Gasteiger partial charge in [0.25, 0.3) is 0 Å². The number of rotatable bonds is 5. The Morgan fingerprint density at radius 1 is 0.808 bits per heavy atom. The van der Waals surface area contributed by atoms with Crippen molar-refractivity contribution < 1.29 is 22.7 Å². The van der Waals surface area contributed by atoms with Gasteiger partial charge in [-0.1, -0.05) is 24.3 Å². The van der Waals surface area contributed by atoms with Crippen molar-refractivity contribution in [1.82, 2.24) is 0 Å². The molecule has 3 rings (SSSR count). The zero-order valence-corrected chi connectivity index (χ0v) is 13.5. The first kappa shape index (κ1) is 17.5. The molecule has 0 saturated heterocycles. The minimum Gasteiger partial charge on any atom is -0.478 e. The highest BCUT2D eigenvalue weighted by atomic mass is 19.1.